The molecule has 1 aliphatic heterocycles. The summed E-state index contributed by atoms with van der Waals surface area (Å²) in [6, 6.07) is 18.2. The van der Waals surface area contributed by atoms with Crippen molar-refractivity contribution in [1.82, 2.24) is 9.80 Å². The maximum Gasteiger partial charge on any atom is 0.253 e. The zero-order chi connectivity index (χ0) is 19.9. The number of anilines is 1. The van der Waals surface area contributed by atoms with Crippen molar-refractivity contribution < 1.29 is 9.90 Å². The lowest BCUT2D eigenvalue weighted by Gasteiger charge is -2.26. The van der Waals surface area contributed by atoms with Crippen molar-refractivity contribution in [2.75, 3.05) is 38.5 Å². The minimum Gasteiger partial charge on any atom is -0.392 e. The zero-order valence-corrected chi connectivity index (χ0v) is 16.8. The van der Waals surface area contributed by atoms with Crippen LogP contribution in [0, 0.1) is 0 Å². The third-order valence-corrected chi connectivity index (χ3v) is 5.27. The summed E-state index contributed by atoms with van der Waals surface area (Å²) >= 11 is 0. The van der Waals surface area contributed by atoms with Gasteiger partial charge in [0.05, 0.1) is 12.1 Å². The predicted octanol–water partition coefficient (Wildman–Crippen LogP) is 3.39. The molecule has 2 aromatic carbocycles. The summed E-state index contributed by atoms with van der Waals surface area (Å²) in [4.78, 5) is 16.5. The lowest BCUT2D eigenvalue weighted by molar-refractivity contribution is 0.0795. The molecule has 0 bridgehead atoms. The van der Waals surface area contributed by atoms with Gasteiger partial charge in [-0.2, -0.15) is 0 Å². The Morgan fingerprint density at radius 3 is 2.54 bits per heavy atom. The highest BCUT2D eigenvalue weighted by Gasteiger charge is 2.24. The molecule has 2 atom stereocenters. The third kappa shape index (κ3) is 5.33. The number of aliphatic hydroxyl groups excluding tert-OH is 1. The van der Waals surface area contributed by atoms with Gasteiger partial charge < -0.3 is 15.3 Å². The molecule has 0 spiro atoms. The molecule has 0 aromatic heterocycles. The van der Waals surface area contributed by atoms with Crippen LogP contribution in [0.15, 0.2) is 54.6 Å². The van der Waals surface area contributed by atoms with Crippen molar-refractivity contribution in [3.63, 3.8) is 0 Å². The van der Waals surface area contributed by atoms with Crippen molar-refractivity contribution in [1.29, 1.82) is 0 Å². The molecule has 5 heteroatoms. The second kappa shape index (κ2) is 9.71. The van der Waals surface area contributed by atoms with Crippen LogP contribution in [0.4, 0.5) is 5.69 Å². The van der Waals surface area contributed by atoms with Crippen LogP contribution in [-0.2, 0) is 0 Å². The van der Waals surface area contributed by atoms with Gasteiger partial charge in [-0.05, 0) is 42.7 Å². The first-order chi connectivity index (χ1) is 13.6. The van der Waals surface area contributed by atoms with E-state index in [9.17, 15) is 9.90 Å². The summed E-state index contributed by atoms with van der Waals surface area (Å²) in [6.07, 6.45) is 1.57. The Morgan fingerprint density at radius 2 is 1.93 bits per heavy atom. The van der Waals surface area contributed by atoms with Gasteiger partial charge in [-0.3, -0.25) is 9.69 Å². The van der Waals surface area contributed by atoms with Crippen molar-refractivity contribution >= 4 is 11.6 Å². The topological polar surface area (TPSA) is 55.8 Å². The number of β-amino-alcohol motifs (C(OH)–C–C–N with tert-alkyl or cyclic N) is 1. The van der Waals surface area contributed by atoms with E-state index in [1.807, 2.05) is 49.5 Å². The highest BCUT2D eigenvalue weighted by molar-refractivity contribution is 5.94. The average molecular weight is 382 g/mol. The second-order valence-corrected chi connectivity index (χ2v) is 7.61. The molecule has 3 rings (SSSR count). The highest BCUT2D eigenvalue weighted by Crippen LogP contribution is 2.23. The molecule has 0 aliphatic carbocycles. The van der Waals surface area contributed by atoms with Gasteiger partial charge in [0, 0.05) is 44.5 Å². The Hall–Kier alpha value is -2.37. The summed E-state index contributed by atoms with van der Waals surface area (Å²) in [5.41, 5.74) is 2.91. The van der Waals surface area contributed by atoms with Crippen molar-refractivity contribution in [3.05, 3.63) is 65.7 Å². The number of nitrogens with zero attached hydrogens (tertiary/aromatic N) is 2. The molecule has 1 fully saturated rings. The predicted molar refractivity (Wildman–Crippen MR) is 114 cm³/mol. The summed E-state index contributed by atoms with van der Waals surface area (Å²) in [7, 11) is 1.84. The van der Waals surface area contributed by atoms with Gasteiger partial charge in [0.15, 0.2) is 0 Å². The second-order valence-electron chi connectivity index (χ2n) is 7.61. The molecular formula is C23H31N3O2. The summed E-state index contributed by atoms with van der Waals surface area (Å²) in [5, 5.41) is 13.4. The van der Waals surface area contributed by atoms with E-state index < -0.39 is 0 Å². The molecule has 1 unspecified atom stereocenters. The van der Waals surface area contributed by atoms with Gasteiger partial charge in [0.1, 0.15) is 0 Å². The van der Waals surface area contributed by atoms with Gasteiger partial charge in [0.2, 0.25) is 0 Å². The number of rotatable bonds is 8. The van der Waals surface area contributed by atoms with E-state index in [0.717, 1.165) is 44.7 Å². The Morgan fingerprint density at radius 1 is 1.21 bits per heavy atom. The number of nitrogens with one attached hydrogen (secondary N) is 1. The van der Waals surface area contributed by atoms with Crippen molar-refractivity contribution in [2.24, 2.45) is 0 Å². The first-order valence-electron chi connectivity index (χ1n) is 10.1. The van der Waals surface area contributed by atoms with Crippen LogP contribution in [0.25, 0.3) is 0 Å². The van der Waals surface area contributed by atoms with E-state index in [-0.39, 0.29) is 18.1 Å². The number of hydrogen-bond donors (Lipinski definition) is 2. The van der Waals surface area contributed by atoms with Gasteiger partial charge >= 0.3 is 0 Å². The molecule has 1 amide bonds. The zero-order valence-electron chi connectivity index (χ0n) is 16.8. The Kier molecular flexibility index (Phi) is 7.06. The van der Waals surface area contributed by atoms with Gasteiger partial charge in [-0.25, -0.2) is 0 Å². The number of amides is 1. The van der Waals surface area contributed by atoms with Crippen LogP contribution in [0.1, 0.15) is 41.7 Å². The molecule has 28 heavy (non-hydrogen) atoms. The fourth-order valence-corrected chi connectivity index (χ4v) is 3.72. The first kappa shape index (κ1) is 20.4. The fourth-order valence-electron chi connectivity index (χ4n) is 3.72. The average Bonchev–Trinajstić information content (AvgIpc) is 3.13. The molecule has 1 heterocycles. The van der Waals surface area contributed by atoms with Crippen molar-refractivity contribution in [2.45, 2.75) is 31.9 Å². The van der Waals surface area contributed by atoms with E-state index in [1.54, 1.807) is 4.90 Å². The number of carbonyl (C=O) groups is 1. The summed E-state index contributed by atoms with van der Waals surface area (Å²) in [5.74, 6) is 0.0547. The molecule has 150 valence electrons. The maximum absolute atomic E-state index is 12.4. The largest absolute Gasteiger partial charge is 0.392 e. The monoisotopic (exact) mass is 381 g/mol. The highest BCUT2D eigenvalue weighted by atomic mass is 16.3. The van der Waals surface area contributed by atoms with Gasteiger partial charge in [-0.15, -0.1) is 0 Å². The van der Waals surface area contributed by atoms with E-state index in [2.05, 4.69) is 29.3 Å². The summed E-state index contributed by atoms with van der Waals surface area (Å²) in [6.45, 7) is 5.31. The minimum absolute atomic E-state index is 0.0547. The smallest absolute Gasteiger partial charge is 0.253 e. The van der Waals surface area contributed by atoms with Crippen LogP contribution in [0.3, 0.4) is 0 Å². The lowest BCUT2D eigenvalue weighted by Crippen LogP contribution is -2.31. The summed E-state index contributed by atoms with van der Waals surface area (Å²) < 4.78 is 0. The van der Waals surface area contributed by atoms with Gasteiger partial charge in [-0.1, -0.05) is 37.3 Å². The van der Waals surface area contributed by atoms with E-state index in [0.29, 0.717) is 5.56 Å². The molecular weight excluding hydrogens is 350 g/mol. The number of benzene rings is 2. The molecule has 1 saturated heterocycles. The van der Waals surface area contributed by atoms with E-state index in [4.69, 9.17) is 0 Å². The Labute approximate surface area is 168 Å². The van der Waals surface area contributed by atoms with E-state index >= 15 is 0 Å². The van der Waals surface area contributed by atoms with Crippen LogP contribution in [0.5, 0.6) is 0 Å². The molecule has 0 radical (unpaired) electrons. The quantitative estimate of drug-likeness (QED) is 0.736. The third-order valence-electron chi connectivity index (χ3n) is 5.27. The molecule has 0 saturated carbocycles. The Bertz CT molecular complexity index is 748. The van der Waals surface area contributed by atoms with Crippen molar-refractivity contribution in [3.8, 4) is 0 Å². The number of aliphatic hydroxyl groups is 1. The molecule has 1 aliphatic rings. The van der Waals surface area contributed by atoms with Crippen LogP contribution >= 0.6 is 0 Å². The number of likely N-dealkylation sites (tertiary alicyclic amines) is 1. The number of hydrogen-bond acceptors (Lipinski definition) is 4. The van der Waals surface area contributed by atoms with Crippen LogP contribution < -0.4 is 5.32 Å². The normalized spacial score (nSPS) is 18.0. The minimum atomic E-state index is -0.221. The van der Waals surface area contributed by atoms with Crippen LogP contribution in [0.2, 0.25) is 0 Å². The maximum atomic E-state index is 12.4. The molecule has 2 aromatic rings. The van der Waals surface area contributed by atoms with Crippen LogP contribution in [-0.4, -0.2) is 60.1 Å². The number of carbonyl (C=O) groups excluding carboxylic acids is 1. The van der Waals surface area contributed by atoms with Gasteiger partial charge in [0.25, 0.3) is 5.91 Å². The Balaban J connectivity index is 1.70. The standard InChI is InChI=1S/C23H31N3O2/c1-3-14-25(2)23(28)19-9-11-20(12-10-19)24-22(18-7-5-4-6-8-18)17-26-15-13-21(27)16-26/h4-12,21-22,24,27H,3,13-17H2,1-2H3/t21-,22?/m0/s1. The van der Waals surface area contributed by atoms with E-state index in [1.165, 1.54) is 5.56 Å². The molecule has 2 N–H and O–H groups in total. The fraction of sp³-hybridized carbons (Fsp3) is 0.435. The SMILES string of the molecule is CCCN(C)C(=O)c1ccc(NC(CN2CC[C@H](O)C2)c2ccccc2)cc1. The lowest BCUT2D eigenvalue weighted by atomic mass is 10.1. The molecule has 5 nitrogen and oxygen atoms in total. The first-order valence-corrected chi connectivity index (χ1v) is 10.1.